The first-order chi connectivity index (χ1) is 11.1. The zero-order chi connectivity index (χ0) is 16.4. The Balaban J connectivity index is 1.81. The van der Waals surface area contributed by atoms with Crippen LogP contribution >= 0.6 is 11.6 Å². The van der Waals surface area contributed by atoms with Crippen molar-refractivity contribution in [2.45, 2.75) is 12.5 Å². The molecule has 1 aliphatic rings. The van der Waals surface area contributed by atoms with Gasteiger partial charge in [0.2, 0.25) is 5.91 Å². The number of hydrogen-bond acceptors (Lipinski definition) is 3. The minimum absolute atomic E-state index is 0.0819. The zero-order valence-electron chi connectivity index (χ0n) is 12.1. The van der Waals surface area contributed by atoms with Crippen LogP contribution in [0.15, 0.2) is 42.5 Å². The third-order valence-electron chi connectivity index (χ3n) is 3.78. The highest BCUT2D eigenvalue weighted by atomic mass is 35.5. The number of carbonyl (C=O) groups excluding carboxylic acids is 1. The van der Waals surface area contributed by atoms with Crippen molar-refractivity contribution in [2.24, 2.45) is 0 Å². The van der Waals surface area contributed by atoms with E-state index in [-0.39, 0.29) is 11.5 Å². The molecule has 0 saturated carbocycles. The van der Waals surface area contributed by atoms with E-state index >= 15 is 0 Å². The number of carbonyl (C=O) groups is 1. The number of amides is 1. The van der Waals surface area contributed by atoms with Crippen LogP contribution in [0.4, 0.5) is 15.8 Å². The molecule has 116 valence electrons. The van der Waals surface area contributed by atoms with Gasteiger partial charge in [0, 0.05) is 17.3 Å². The molecule has 0 spiro atoms. The van der Waals surface area contributed by atoms with E-state index < -0.39 is 11.9 Å². The van der Waals surface area contributed by atoms with Crippen molar-refractivity contribution >= 4 is 28.9 Å². The van der Waals surface area contributed by atoms with Gasteiger partial charge in [0.15, 0.2) is 0 Å². The van der Waals surface area contributed by atoms with Crippen molar-refractivity contribution in [3.8, 4) is 6.07 Å². The second-order valence-corrected chi connectivity index (χ2v) is 5.67. The molecule has 3 rings (SSSR count). The lowest BCUT2D eigenvalue weighted by atomic mass is 10.1. The Morgan fingerprint density at radius 1 is 1.30 bits per heavy atom. The maximum atomic E-state index is 13.6. The van der Waals surface area contributed by atoms with E-state index in [2.05, 4.69) is 5.32 Å². The van der Waals surface area contributed by atoms with Gasteiger partial charge >= 0.3 is 0 Å². The van der Waals surface area contributed by atoms with Crippen molar-refractivity contribution < 1.29 is 9.18 Å². The largest absolute Gasteiger partial charge is 0.372 e. The van der Waals surface area contributed by atoms with E-state index in [1.807, 2.05) is 12.1 Å². The van der Waals surface area contributed by atoms with E-state index in [0.717, 1.165) is 5.69 Å². The minimum atomic E-state index is -0.602. The molecule has 1 N–H and O–H groups in total. The molecule has 0 aromatic heterocycles. The highest BCUT2D eigenvalue weighted by molar-refractivity contribution is 6.31. The van der Waals surface area contributed by atoms with Crippen LogP contribution in [0.2, 0.25) is 5.02 Å². The maximum absolute atomic E-state index is 13.6. The summed E-state index contributed by atoms with van der Waals surface area (Å²) < 4.78 is 13.6. The van der Waals surface area contributed by atoms with Gasteiger partial charge in [0.05, 0.1) is 5.69 Å². The Morgan fingerprint density at radius 3 is 2.83 bits per heavy atom. The van der Waals surface area contributed by atoms with E-state index in [9.17, 15) is 9.18 Å². The van der Waals surface area contributed by atoms with E-state index in [4.69, 9.17) is 16.9 Å². The van der Waals surface area contributed by atoms with Crippen LogP contribution in [-0.4, -0.2) is 18.5 Å². The molecule has 1 amide bonds. The molecule has 4 nitrogen and oxygen atoms in total. The molecule has 2 aromatic carbocycles. The van der Waals surface area contributed by atoms with Crippen molar-refractivity contribution in [3.63, 3.8) is 0 Å². The molecule has 1 aliphatic heterocycles. The standard InChI is InChI=1S/C17H13ClFN3O/c18-11-3-1-4-12(9-11)22-8-7-16(17(22)23)21-15-6-2-5-14(19)13(15)10-20/h1-6,9,16,21H,7-8H2. The van der Waals surface area contributed by atoms with Gasteiger partial charge in [-0.05, 0) is 36.8 Å². The number of nitrogens with one attached hydrogen (secondary N) is 1. The van der Waals surface area contributed by atoms with E-state index in [1.165, 1.54) is 12.1 Å². The average molecular weight is 330 g/mol. The fraction of sp³-hybridized carbons (Fsp3) is 0.176. The highest BCUT2D eigenvalue weighted by Gasteiger charge is 2.33. The Bertz CT molecular complexity index is 803. The smallest absolute Gasteiger partial charge is 0.249 e. The molecule has 2 aromatic rings. The van der Waals surface area contributed by atoms with Gasteiger partial charge in [-0.15, -0.1) is 0 Å². The molecule has 1 atom stereocenters. The Hall–Kier alpha value is -2.58. The van der Waals surface area contributed by atoms with Gasteiger partial charge in [-0.3, -0.25) is 4.79 Å². The fourth-order valence-corrected chi connectivity index (χ4v) is 2.84. The van der Waals surface area contributed by atoms with Crippen molar-refractivity contribution in [1.29, 1.82) is 5.26 Å². The Kier molecular flexibility index (Phi) is 4.18. The number of halogens is 2. The van der Waals surface area contributed by atoms with E-state index in [1.54, 1.807) is 29.2 Å². The SMILES string of the molecule is N#Cc1c(F)cccc1NC1CCN(c2cccc(Cl)c2)C1=O. The molecule has 6 heteroatoms. The second kappa shape index (κ2) is 6.27. The maximum Gasteiger partial charge on any atom is 0.249 e. The Morgan fingerprint density at radius 2 is 2.09 bits per heavy atom. The van der Waals surface area contributed by atoms with Crippen LogP contribution in [-0.2, 0) is 4.79 Å². The van der Waals surface area contributed by atoms with Crippen molar-refractivity contribution in [1.82, 2.24) is 0 Å². The lowest BCUT2D eigenvalue weighted by Gasteiger charge is -2.18. The number of nitrogens with zero attached hydrogens (tertiary/aromatic N) is 2. The summed E-state index contributed by atoms with van der Waals surface area (Å²) in [6.45, 7) is 0.536. The third-order valence-corrected chi connectivity index (χ3v) is 4.02. The number of nitriles is 1. The van der Waals surface area contributed by atoms with E-state index in [0.29, 0.717) is 23.7 Å². The quantitative estimate of drug-likeness (QED) is 0.936. The van der Waals surface area contributed by atoms with Crippen LogP contribution in [0.25, 0.3) is 0 Å². The molecule has 23 heavy (non-hydrogen) atoms. The predicted molar refractivity (Wildman–Crippen MR) is 86.9 cm³/mol. The number of rotatable bonds is 3. The van der Waals surface area contributed by atoms with Crippen LogP contribution in [0.1, 0.15) is 12.0 Å². The molecule has 1 fully saturated rings. The predicted octanol–water partition coefficient (Wildman–Crippen LogP) is 3.57. The first kappa shape index (κ1) is 15.3. The highest BCUT2D eigenvalue weighted by Crippen LogP contribution is 2.27. The monoisotopic (exact) mass is 329 g/mol. The summed E-state index contributed by atoms with van der Waals surface area (Å²) in [5, 5.41) is 12.6. The number of anilines is 2. The van der Waals surface area contributed by atoms with Gasteiger partial charge < -0.3 is 10.2 Å². The number of benzene rings is 2. The summed E-state index contributed by atoms with van der Waals surface area (Å²) in [6, 6.07) is 12.7. The first-order valence-corrected chi connectivity index (χ1v) is 7.50. The molecular formula is C17H13ClFN3O. The van der Waals surface area contributed by atoms with Crippen LogP contribution in [0, 0.1) is 17.1 Å². The first-order valence-electron chi connectivity index (χ1n) is 7.12. The second-order valence-electron chi connectivity index (χ2n) is 5.23. The van der Waals surface area contributed by atoms with Crippen LogP contribution in [0.3, 0.4) is 0 Å². The van der Waals surface area contributed by atoms with Crippen molar-refractivity contribution in [2.75, 3.05) is 16.8 Å². The third kappa shape index (κ3) is 2.99. The normalized spacial score (nSPS) is 17.2. The molecule has 0 radical (unpaired) electrons. The topological polar surface area (TPSA) is 56.1 Å². The van der Waals surface area contributed by atoms with Gasteiger partial charge in [0.25, 0.3) is 0 Å². The van der Waals surface area contributed by atoms with Crippen LogP contribution in [0.5, 0.6) is 0 Å². The zero-order valence-corrected chi connectivity index (χ0v) is 12.8. The molecule has 1 unspecified atom stereocenters. The fourth-order valence-electron chi connectivity index (χ4n) is 2.66. The lowest BCUT2D eigenvalue weighted by molar-refractivity contribution is -0.117. The molecule has 0 aliphatic carbocycles. The Labute approximate surface area is 138 Å². The summed E-state index contributed by atoms with van der Waals surface area (Å²) in [5.74, 6) is -0.727. The summed E-state index contributed by atoms with van der Waals surface area (Å²) in [7, 11) is 0. The van der Waals surface area contributed by atoms with Crippen LogP contribution < -0.4 is 10.2 Å². The van der Waals surface area contributed by atoms with Gasteiger partial charge in [-0.25, -0.2) is 4.39 Å². The summed E-state index contributed by atoms with van der Waals surface area (Å²) in [4.78, 5) is 14.2. The molecule has 0 bridgehead atoms. The molecule has 1 heterocycles. The average Bonchev–Trinajstić information content (AvgIpc) is 2.89. The van der Waals surface area contributed by atoms with Crippen molar-refractivity contribution in [3.05, 3.63) is 58.9 Å². The van der Waals surface area contributed by atoms with Gasteiger partial charge in [0.1, 0.15) is 23.5 Å². The molecule has 1 saturated heterocycles. The molecular weight excluding hydrogens is 317 g/mol. The number of hydrogen-bond donors (Lipinski definition) is 1. The van der Waals surface area contributed by atoms with Gasteiger partial charge in [-0.2, -0.15) is 5.26 Å². The summed E-state index contributed by atoms with van der Waals surface area (Å²) >= 11 is 5.96. The summed E-state index contributed by atoms with van der Waals surface area (Å²) in [5.41, 5.74) is 0.979. The van der Waals surface area contributed by atoms with Gasteiger partial charge in [-0.1, -0.05) is 23.7 Å². The lowest BCUT2D eigenvalue weighted by Crippen LogP contribution is -2.33. The minimum Gasteiger partial charge on any atom is -0.372 e. The summed E-state index contributed by atoms with van der Waals surface area (Å²) in [6.07, 6.45) is 0.562.